The molecule has 20 heavy (non-hydrogen) atoms. The largest absolute Gasteiger partial charge is 0.493 e. The molecule has 0 aliphatic heterocycles. The molecular weight excluding hydrogens is 294 g/mol. The van der Waals surface area contributed by atoms with Crippen LogP contribution in [0.4, 0.5) is 0 Å². The lowest BCUT2D eigenvalue weighted by atomic mass is 10.2. The molecule has 0 N–H and O–H groups in total. The molecular formula is C15H12ClNO2S. The molecule has 0 fully saturated rings. The molecule has 3 nitrogen and oxygen atoms in total. The summed E-state index contributed by atoms with van der Waals surface area (Å²) in [6.07, 6.45) is 0. The van der Waals surface area contributed by atoms with Crippen molar-refractivity contribution < 1.29 is 8.95 Å². The topological polar surface area (TPSA) is 50.1 Å². The van der Waals surface area contributed by atoms with Gasteiger partial charge in [-0.15, -0.1) is 0 Å². The maximum absolute atomic E-state index is 12.0. The van der Waals surface area contributed by atoms with Crippen LogP contribution < -0.4 is 4.74 Å². The molecule has 102 valence electrons. The van der Waals surface area contributed by atoms with Crippen LogP contribution in [0.15, 0.2) is 53.4 Å². The SMILES string of the molecule is N#Cc1cccc(OCCS(=O)c2cccc(Cl)c2)c1. The van der Waals surface area contributed by atoms with Gasteiger partial charge in [0.05, 0.1) is 28.2 Å². The maximum atomic E-state index is 12.0. The molecule has 0 aromatic heterocycles. The highest BCUT2D eigenvalue weighted by molar-refractivity contribution is 7.85. The Labute approximate surface area is 125 Å². The molecule has 5 heteroatoms. The predicted molar refractivity (Wildman–Crippen MR) is 79.4 cm³/mol. The zero-order valence-electron chi connectivity index (χ0n) is 10.6. The number of rotatable bonds is 5. The summed E-state index contributed by atoms with van der Waals surface area (Å²) in [5.74, 6) is 0.976. The van der Waals surface area contributed by atoms with E-state index in [0.717, 1.165) is 0 Å². The van der Waals surface area contributed by atoms with Gasteiger partial charge in [-0.25, -0.2) is 0 Å². The molecule has 0 amide bonds. The minimum absolute atomic E-state index is 0.313. The van der Waals surface area contributed by atoms with Gasteiger partial charge in [-0.1, -0.05) is 23.7 Å². The average molecular weight is 306 g/mol. The molecule has 2 rings (SSSR count). The third-order valence-electron chi connectivity index (χ3n) is 2.56. The van der Waals surface area contributed by atoms with Crippen LogP contribution in [0.1, 0.15) is 5.56 Å². The molecule has 0 radical (unpaired) electrons. The minimum atomic E-state index is -1.15. The van der Waals surface area contributed by atoms with E-state index in [0.29, 0.717) is 33.6 Å². The van der Waals surface area contributed by atoms with Gasteiger partial charge in [0.1, 0.15) is 12.4 Å². The number of nitrogens with zero attached hydrogens (tertiary/aromatic N) is 1. The Kier molecular flexibility index (Phi) is 5.16. The number of hydrogen-bond donors (Lipinski definition) is 0. The molecule has 0 heterocycles. The predicted octanol–water partition coefficient (Wildman–Crippen LogP) is 3.40. The van der Waals surface area contributed by atoms with Crippen LogP contribution in [0.3, 0.4) is 0 Å². The fourth-order valence-electron chi connectivity index (χ4n) is 1.62. The Hall–Kier alpha value is -1.83. The van der Waals surface area contributed by atoms with E-state index < -0.39 is 10.8 Å². The van der Waals surface area contributed by atoms with Crippen molar-refractivity contribution in [3.8, 4) is 11.8 Å². The van der Waals surface area contributed by atoms with Gasteiger partial charge in [0.15, 0.2) is 0 Å². The summed E-state index contributed by atoms with van der Waals surface area (Å²) in [6, 6.07) is 15.9. The van der Waals surface area contributed by atoms with Crippen molar-refractivity contribution in [2.45, 2.75) is 4.90 Å². The van der Waals surface area contributed by atoms with Crippen molar-refractivity contribution in [2.24, 2.45) is 0 Å². The Morgan fingerprint density at radius 1 is 1.20 bits per heavy atom. The van der Waals surface area contributed by atoms with Crippen molar-refractivity contribution in [3.05, 3.63) is 59.1 Å². The lowest BCUT2D eigenvalue weighted by Gasteiger charge is -2.06. The lowest BCUT2D eigenvalue weighted by Crippen LogP contribution is -2.08. The van der Waals surface area contributed by atoms with Gasteiger partial charge < -0.3 is 4.74 Å². The van der Waals surface area contributed by atoms with E-state index in [1.807, 2.05) is 6.07 Å². The molecule has 2 aromatic carbocycles. The van der Waals surface area contributed by atoms with Crippen molar-refractivity contribution in [3.63, 3.8) is 0 Å². The number of ether oxygens (including phenoxy) is 1. The van der Waals surface area contributed by atoms with Crippen LogP contribution in [0.25, 0.3) is 0 Å². The van der Waals surface area contributed by atoms with Gasteiger partial charge in [0, 0.05) is 9.92 Å². The van der Waals surface area contributed by atoms with Crippen molar-refractivity contribution in [1.82, 2.24) is 0 Å². The molecule has 2 aromatic rings. The van der Waals surface area contributed by atoms with Crippen LogP contribution >= 0.6 is 11.6 Å². The van der Waals surface area contributed by atoms with E-state index in [2.05, 4.69) is 0 Å². The fourth-order valence-corrected chi connectivity index (χ4v) is 2.83. The summed E-state index contributed by atoms with van der Waals surface area (Å²) >= 11 is 5.86. The molecule has 1 atom stereocenters. The fraction of sp³-hybridized carbons (Fsp3) is 0.133. The molecule has 0 saturated carbocycles. The second-order valence-corrected chi connectivity index (χ2v) is 6.00. The molecule has 1 unspecified atom stereocenters. The maximum Gasteiger partial charge on any atom is 0.120 e. The standard InChI is InChI=1S/C15H12ClNO2S/c16-13-4-2-6-15(10-13)20(18)8-7-19-14-5-1-3-12(9-14)11-17/h1-6,9-10H,7-8H2. The van der Waals surface area contributed by atoms with E-state index in [-0.39, 0.29) is 0 Å². The second-order valence-electron chi connectivity index (χ2n) is 4.00. The highest BCUT2D eigenvalue weighted by atomic mass is 35.5. The Bertz CT molecular complexity index is 667. The Morgan fingerprint density at radius 3 is 2.75 bits per heavy atom. The van der Waals surface area contributed by atoms with Crippen LogP contribution in [-0.2, 0) is 10.8 Å². The lowest BCUT2D eigenvalue weighted by molar-refractivity contribution is 0.342. The normalized spacial score (nSPS) is 11.6. The first-order valence-corrected chi connectivity index (χ1v) is 7.65. The van der Waals surface area contributed by atoms with Gasteiger partial charge in [0.25, 0.3) is 0 Å². The highest BCUT2D eigenvalue weighted by Gasteiger charge is 2.05. The Balaban J connectivity index is 1.90. The zero-order valence-corrected chi connectivity index (χ0v) is 12.2. The quantitative estimate of drug-likeness (QED) is 0.850. The van der Waals surface area contributed by atoms with E-state index in [1.54, 1.807) is 48.5 Å². The third kappa shape index (κ3) is 4.09. The van der Waals surface area contributed by atoms with E-state index >= 15 is 0 Å². The molecule has 0 aliphatic rings. The van der Waals surface area contributed by atoms with Gasteiger partial charge in [-0.3, -0.25) is 4.21 Å². The van der Waals surface area contributed by atoms with Crippen molar-refractivity contribution in [1.29, 1.82) is 5.26 Å². The first kappa shape index (κ1) is 14.6. The first-order valence-electron chi connectivity index (χ1n) is 5.96. The summed E-state index contributed by atoms with van der Waals surface area (Å²) in [5.41, 5.74) is 0.540. The molecule has 0 bridgehead atoms. The number of nitriles is 1. The van der Waals surface area contributed by atoms with Gasteiger partial charge >= 0.3 is 0 Å². The smallest absolute Gasteiger partial charge is 0.120 e. The van der Waals surface area contributed by atoms with Crippen LogP contribution in [0.5, 0.6) is 5.75 Å². The molecule has 0 saturated heterocycles. The van der Waals surface area contributed by atoms with Gasteiger partial charge in [-0.2, -0.15) is 5.26 Å². The van der Waals surface area contributed by atoms with E-state index in [9.17, 15) is 4.21 Å². The summed E-state index contributed by atoms with van der Waals surface area (Å²) in [4.78, 5) is 0.687. The van der Waals surface area contributed by atoms with Gasteiger partial charge in [0.2, 0.25) is 0 Å². The average Bonchev–Trinajstić information content (AvgIpc) is 2.47. The summed E-state index contributed by atoms with van der Waals surface area (Å²) < 4.78 is 17.5. The van der Waals surface area contributed by atoms with Crippen LogP contribution in [0.2, 0.25) is 5.02 Å². The van der Waals surface area contributed by atoms with Crippen LogP contribution in [0, 0.1) is 11.3 Å². The first-order chi connectivity index (χ1) is 9.69. The molecule has 0 aliphatic carbocycles. The van der Waals surface area contributed by atoms with Crippen molar-refractivity contribution in [2.75, 3.05) is 12.4 Å². The number of hydrogen-bond acceptors (Lipinski definition) is 3. The van der Waals surface area contributed by atoms with E-state index in [4.69, 9.17) is 21.6 Å². The minimum Gasteiger partial charge on any atom is -0.493 e. The zero-order chi connectivity index (χ0) is 14.4. The summed E-state index contributed by atoms with van der Waals surface area (Å²) in [6.45, 7) is 0.313. The monoisotopic (exact) mass is 305 g/mol. The highest BCUT2D eigenvalue weighted by Crippen LogP contribution is 2.15. The summed E-state index contributed by atoms with van der Waals surface area (Å²) in [5, 5.41) is 9.35. The van der Waals surface area contributed by atoms with Gasteiger partial charge in [-0.05, 0) is 36.4 Å². The molecule has 0 spiro atoms. The van der Waals surface area contributed by atoms with E-state index in [1.165, 1.54) is 0 Å². The third-order valence-corrected chi connectivity index (χ3v) is 4.11. The van der Waals surface area contributed by atoms with Crippen LogP contribution in [-0.4, -0.2) is 16.6 Å². The summed E-state index contributed by atoms with van der Waals surface area (Å²) in [7, 11) is -1.15. The number of halogens is 1. The second kappa shape index (κ2) is 7.09. The van der Waals surface area contributed by atoms with Crippen molar-refractivity contribution >= 4 is 22.4 Å². The Morgan fingerprint density at radius 2 is 2.00 bits per heavy atom. The number of benzene rings is 2.